The fraction of sp³-hybridized carbons (Fsp3) is 0.386. The first kappa shape index (κ1) is 38.8. The SMILES string of the molecule is CC(C)(C)c1ccc2c(c1)[cH-]c1cc(C(C)(C)C)ccc12.CC(C)c1ccc([C](=[Zr])C2CCCCC2)cc1.[CH3-].[CH3-].c1cc[cH-]c1. The predicted octanol–water partition coefficient (Wildman–Crippen LogP) is 13.1. The van der Waals surface area contributed by atoms with E-state index in [0.29, 0.717) is 5.92 Å². The van der Waals surface area contributed by atoms with E-state index in [2.05, 4.69) is 122 Å². The fourth-order valence-electron chi connectivity index (χ4n) is 5.95. The molecule has 5 aromatic carbocycles. The maximum absolute atomic E-state index is 2.35. The maximum atomic E-state index is 2.35. The van der Waals surface area contributed by atoms with Crippen molar-refractivity contribution in [3.05, 3.63) is 134 Å². The van der Waals surface area contributed by atoms with Crippen molar-refractivity contribution in [2.75, 3.05) is 0 Å². The van der Waals surface area contributed by atoms with Crippen LogP contribution in [0.5, 0.6) is 0 Å². The molecular formula is C44H58Zr-4. The predicted molar refractivity (Wildman–Crippen MR) is 201 cm³/mol. The summed E-state index contributed by atoms with van der Waals surface area (Å²) in [5.74, 6) is 1.53. The molecule has 45 heavy (non-hydrogen) atoms. The molecule has 0 unspecified atom stereocenters. The fourth-order valence-corrected chi connectivity index (χ4v) is 7.07. The molecule has 0 aliphatic heterocycles. The van der Waals surface area contributed by atoms with E-state index < -0.39 is 0 Å². The van der Waals surface area contributed by atoms with Crippen molar-refractivity contribution >= 4 is 24.8 Å². The van der Waals surface area contributed by atoms with Gasteiger partial charge in [0.25, 0.3) is 0 Å². The van der Waals surface area contributed by atoms with Crippen LogP contribution in [0.2, 0.25) is 0 Å². The Labute approximate surface area is 291 Å². The number of fused-ring (bicyclic) bond motifs is 3. The summed E-state index contributed by atoms with van der Waals surface area (Å²) >= 11 is 1.62. The molecule has 1 saturated carbocycles. The van der Waals surface area contributed by atoms with Crippen molar-refractivity contribution in [1.82, 2.24) is 0 Å². The molecule has 0 saturated heterocycles. The van der Waals surface area contributed by atoms with Gasteiger partial charge in [0.1, 0.15) is 0 Å². The molecule has 1 aliphatic rings. The van der Waals surface area contributed by atoms with Gasteiger partial charge in [-0.05, 0) is 10.8 Å². The molecule has 242 valence electrons. The summed E-state index contributed by atoms with van der Waals surface area (Å²) in [4.78, 5) is 0. The average Bonchev–Trinajstić information content (AvgIpc) is 3.68. The van der Waals surface area contributed by atoms with Crippen LogP contribution >= 0.6 is 0 Å². The molecule has 0 amide bonds. The Balaban J connectivity index is 0.000000265. The first-order chi connectivity index (χ1) is 20.3. The van der Waals surface area contributed by atoms with Gasteiger partial charge in [-0.3, -0.25) is 0 Å². The van der Waals surface area contributed by atoms with Crippen LogP contribution in [0.1, 0.15) is 116 Å². The Kier molecular flexibility index (Phi) is 14.6. The van der Waals surface area contributed by atoms with Crippen molar-refractivity contribution in [3.63, 3.8) is 0 Å². The van der Waals surface area contributed by atoms with Crippen LogP contribution in [-0.2, 0) is 35.1 Å². The van der Waals surface area contributed by atoms with Crippen LogP contribution in [0.25, 0.3) is 21.5 Å². The summed E-state index contributed by atoms with van der Waals surface area (Å²) < 4.78 is 1.70. The molecule has 5 aromatic rings. The minimum absolute atomic E-state index is 0. The van der Waals surface area contributed by atoms with Crippen molar-refractivity contribution in [2.45, 2.75) is 104 Å². The third kappa shape index (κ3) is 10.6. The first-order valence-electron chi connectivity index (χ1n) is 16.3. The van der Waals surface area contributed by atoms with Gasteiger partial charge in [0, 0.05) is 0 Å². The maximum Gasteiger partial charge on any atom is -0.172 e. The molecule has 6 rings (SSSR count). The zero-order valence-electron chi connectivity index (χ0n) is 29.9. The summed E-state index contributed by atoms with van der Waals surface area (Å²) in [6, 6.07) is 35.5. The topological polar surface area (TPSA) is 0 Å². The van der Waals surface area contributed by atoms with E-state index >= 15 is 0 Å². The monoisotopic (exact) mass is 676 g/mol. The van der Waals surface area contributed by atoms with Gasteiger partial charge in [-0.1, -0.05) is 76.9 Å². The number of hydrogen-bond donors (Lipinski definition) is 0. The second-order valence-corrected chi connectivity index (χ2v) is 16.1. The normalized spacial score (nSPS) is 13.6. The van der Waals surface area contributed by atoms with Gasteiger partial charge in [-0.15, -0.1) is 39.7 Å². The van der Waals surface area contributed by atoms with Gasteiger partial charge in [0.05, 0.1) is 0 Å². The molecule has 1 heteroatoms. The molecule has 0 aromatic heterocycles. The van der Waals surface area contributed by atoms with Gasteiger partial charge in [-0.25, -0.2) is 12.1 Å². The molecule has 0 bridgehead atoms. The van der Waals surface area contributed by atoms with Crippen LogP contribution in [-0.4, -0.2) is 3.21 Å². The van der Waals surface area contributed by atoms with Crippen LogP contribution in [0.3, 0.4) is 0 Å². The van der Waals surface area contributed by atoms with Crippen LogP contribution < -0.4 is 0 Å². The van der Waals surface area contributed by atoms with Gasteiger partial charge in [0.2, 0.25) is 0 Å². The summed E-state index contributed by atoms with van der Waals surface area (Å²) in [6.45, 7) is 18.2. The Morgan fingerprint density at radius 2 is 1.16 bits per heavy atom. The molecule has 0 atom stereocenters. The van der Waals surface area contributed by atoms with E-state index in [4.69, 9.17) is 0 Å². The van der Waals surface area contributed by atoms with Crippen LogP contribution in [0, 0.1) is 20.8 Å². The van der Waals surface area contributed by atoms with E-state index in [-0.39, 0.29) is 25.7 Å². The molecule has 0 spiro atoms. The van der Waals surface area contributed by atoms with E-state index in [1.807, 2.05) is 30.3 Å². The quantitative estimate of drug-likeness (QED) is 0.167. The summed E-state index contributed by atoms with van der Waals surface area (Å²) in [6.07, 6.45) is 7.17. The van der Waals surface area contributed by atoms with Crippen molar-refractivity contribution in [3.8, 4) is 0 Å². The smallest absolute Gasteiger partial charge is 0.172 e. The third-order valence-electron chi connectivity index (χ3n) is 8.89. The average molecular weight is 678 g/mol. The molecule has 0 radical (unpaired) electrons. The van der Waals surface area contributed by atoms with Crippen molar-refractivity contribution in [1.29, 1.82) is 0 Å². The Morgan fingerprint density at radius 3 is 1.53 bits per heavy atom. The Morgan fingerprint density at radius 1 is 0.689 bits per heavy atom. The summed E-state index contributed by atoms with van der Waals surface area (Å²) in [5.41, 5.74) is 6.17. The molecule has 1 fully saturated rings. The number of hydrogen-bond acceptors (Lipinski definition) is 0. The summed E-state index contributed by atoms with van der Waals surface area (Å²) in [5, 5.41) is 5.48. The Bertz CT molecular complexity index is 1490. The molecule has 0 N–H and O–H groups in total. The molecule has 0 nitrogen and oxygen atoms in total. The third-order valence-corrected chi connectivity index (χ3v) is 10.6. The standard InChI is InChI=1S/C21H25.C16H22.C5H5.2CH3.Zr/c1-20(2,3)16-7-9-18-14(12-16)11-15-13-17(21(4,5)6)8-10-19(15)18;1-13(2)16-10-8-15(9-11-16)12-14-6-4-3-5-7-14;1-2-4-5-3-1;;;/h7-13H,1-6H3;8-11,13-14H,3-7H2,1-2H3;1-5H;2*1H3;/q-1;;3*-1;. The van der Waals surface area contributed by atoms with Crippen LogP contribution in [0.15, 0.2) is 97.1 Å². The molecular weight excluding hydrogens is 620 g/mol. The first-order valence-corrected chi connectivity index (χ1v) is 17.6. The zero-order chi connectivity index (χ0) is 31.2. The van der Waals surface area contributed by atoms with E-state index in [1.165, 1.54) is 75.9 Å². The molecule has 0 heterocycles. The van der Waals surface area contributed by atoms with E-state index in [1.54, 1.807) is 27.4 Å². The number of benzene rings is 3. The van der Waals surface area contributed by atoms with Crippen molar-refractivity contribution < 1.29 is 24.2 Å². The second kappa shape index (κ2) is 17.0. The van der Waals surface area contributed by atoms with Gasteiger partial charge < -0.3 is 14.9 Å². The van der Waals surface area contributed by atoms with Gasteiger partial charge in [0.15, 0.2) is 0 Å². The van der Waals surface area contributed by atoms with Gasteiger partial charge in [-0.2, -0.15) is 18.2 Å². The Hall–Kier alpha value is -2.37. The van der Waals surface area contributed by atoms with Crippen LogP contribution in [0.4, 0.5) is 0 Å². The second-order valence-electron chi connectivity index (χ2n) is 14.7. The van der Waals surface area contributed by atoms with Crippen molar-refractivity contribution in [2.24, 2.45) is 5.92 Å². The van der Waals surface area contributed by atoms with Gasteiger partial charge >= 0.3 is 121 Å². The van der Waals surface area contributed by atoms with E-state index in [0.717, 1.165) is 5.92 Å². The van der Waals surface area contributed by atoms with E-state index in [9.17, 15) is 0 Å². The molecule has 1 aliphatic carbocycles. The zero-order valence-corrected chi connectivity index (χ0v) is 32.4. The summed E-state index contributed by atoms with van der Waals surface area (Å²) in [7, 11) is 0. The minimum atomic E-state index is 0. The number of rotatable bonds is 3. The largest absolute Gasteiger partial charge is 0.358 e. The minimum Gasteiger partial charge on any atom is -0.358 e.